The molecule has 32 heavy (non-hydrogen) atoms. The number of benzene rings is 2. The summed E-state index contributed by atoms with van der Waals surface area (Å²) in [7, 11) is 0. The summed E-state index contributed by atoms with van der Waals surface area (Å²) in [4.78, 5) is 25.4. The fourth-order valence-corrected chi connectivity index (χ4v) is 3.41. The molecule has 1 aliphatic rings. The number of para-hydroxylation sites is 2. The summed E-state index contributed by atoms with van der Waals surface area (Å²) in [6.45, 7) is 4.02. The summed E-state index contributed by atoms with van der Waals surface area (Å²) in [6.07, 6.45) is 0.412. The molecule has 2 aromatic rings. The highest BCUT2D eigenvalue weighted by Crippen LogP contribution is 2.28. The smallest absolute Gasteiger partial charge is 0.315 e. The van der Waals surface area contributed by atoms with E-state index in [0.29, 0.717) is 11.4 Å². The van der Waals surface area contributed by atoms with Crippen molar-refractivity contribution in [3.05, 3.63) is 60.7 Å². The average molecular weight is 437 g/mol. The van der Waals surface area contributed by atoms with Crippen LogP contribution in [0.25, 0.3) is 0 Å². The van der Waals surface area contributed by atoms with Crippen LogP contribution in [0.3, 0.4) is 0 Å². The Morgan fingerprint density at radius 2 is 1.12 bits per heavy atom. The van der Waals surface area contributed by atoms with Crippen molar-refractivity contribution in [1.82, 2.24) is 0 Å². The van der Waals surface area contributed by atoms with Gasteiger partial charge in [-0.3, -0.25) is 20.4 Å². The van der Waals surface area contributed by atoms with Crippen LogP contribution < -0.4 is 10.9 Å². The molecule has 2 N–H and O–H groups in total. The van der Waals surface area contributed by atoms with Gasteiger partial charge in [-0.2, -0.15) is 10.2 Å². The Hall–Kier alpha value is -3.68. The van der Waals surface area contributed by atoms with Crippen LogP contribution in [0.15, 0.2) is 70.9 Å². The maximum Gasteiger partial charge on any atom is 0.315 e. The minimum Gasteiger partial charge on any atom is -0.465 e. The third-order valence-corrected chi connectivity index (χ3v) is 4.98. The first-order valence-corrected chi connectivity index (χ1v) is 10.7. The van der Waals surface area contributed by atoms with Gasteiger partial charge in [0.05, 0.1) is 36.0 Å². The molecule has 2 unspecified atom stereocenters. The zero-order valence-corrected chi connectivity index (χ0v) is 18.3. The van der Waals surface area contributed by atoms with E-state index in [0.717, 1.165) is 11.4 Å². The van der Waals surface area contributed by atoms with Gasteiger partial charge in [0.1, 0.15) is 11.8 Å². The Balaban J connectivity index is 1.90. The largest absolute Gasteiger partial charge is 0.465 e. The fraction of sp³-hybridized carbons (Fsp3) is 0.333. The molecule has 0 heterocycles. The second-order valence-electron chi connectivity index (χ2n) is 7.18. The van der Waals surface area contributed by atoms with Crippen molar-refractivity contribution < 1.29 is 19.1 Å². The molecule has 8 heteroatoms. The summed E-state index contributed by atoms with van der Waals surface area (Å²) in [6, 6.07) is 18.8. The Morgan fingerprint density at radius 3 is 1.47 bits per heavy atom. The Morgan fingerprint density at radius 1 is 0.750 bits per heavy atom. The number of carbonyl (C=O) groups is 2. The molecule has 0 bridgehead atoms. The van der Waals surface area contributed by atoms with Crippen molar-refractivity contribution in [2.45, 2.75) is 26.7 Å². The molecular weight excluding hydrogens is 408 g/mol. The second-order valence-corrected chi connectivity index (χ2v) is 7.18. The first-order chi connectivity index (χ1) is 15.6. The number of anilines is 2. The standard InChI is InChI=1S/C24H28N4O4/c1-3-31-23(29)19-15-22(28-26-18-13-9-6-10-14-18)20(24(30)32-4-2)16-21(19)27-25-17-11-7-5-8-12-17/h5-14,19-20,25-26H,3-4,15-16H2,1-2H3. The summed E-state index contributed by atoms with van der Waals surface area (Å²) in [5, 5.41) is 8.93. The number of carbonyl (C=O) groups excluding carboxylic acids is 2. The van der Waals surface area contributed by atoms with Crippen LogP contribution in [0.4, 0.5) is 11.4 Å². The molecule has 0 radical (unpaired) electrons. The average Bonchev–Trinajstić information content (AvgIpc) is 2.83. The first-order valence-electron chi connectivity index (χ1n) is 10.7. The quantitative estimate of drug-likeness (QED) is 0.478. The summed E-state index contributed by atoms with van der Waals surface area (Å²) in [5.41, 5.74) is 8.58. The summed E-state index contributed by atoms with van der Waals surface area (Å²) in [5.74, 6) is -2.08. The van der Waals surface area contributed by atoms with Crippen LogP contribution >= 0.6 is 0 Å². The van der Waals surface area contributed by atoms with Gasteiger partial charge in [-0.15, -0.1) is 0 Å². The molecule has 1 saturated carbocycles. The third-order valence-electron chi connectivity index (χ3n) is 4.98. The molecule has 0 spiro atoms. The number of ether oxygens (including phenoxy) is 2. The molecule has 168 valence electrons. The number of hydrazone groups is 2. The van der Waals surface area contributed by atoms with Crippen molar-refractivity contribution >= 4 is 34.7 Å². The van der Waals surface area contributed by atoms with E-state index in [1.807, 2.05) is 60.7 Å². The molecule has 3 rings (SSSR count). The van der Waals surface area contributed by atoms with E-state index in [1.54, 1.807) is 13.8 Å². The lowest BCUT2D eigenvalue weighted by Crippen LogP contribution is -2.42. The van der Waals surface area contributed by atoms with Gasteiger partial charge in [0.15, 0.2) is 0 Å². The van der Waals surface area contributed by atoms with Gasteiger partial charge in [0.2, 0.25) is 0 Å². The number of esters is 2. The molecule has 1 fully saturated rings. The molecule has 0 aliphatic heterocycles. The SMILES string of the molecule is CCOC(=O)C1CC(=NNc2ccccc2)C(C(=O)OCC)CC1=NNc1ccccc1. The number of hydrogen-bond acceptors (Lipinski definition) is 8. The molecule has 0 aromatic heterocycles. The van der Waals surface area contributed by atoms with Gasteiger partial charge >= 0.3 is 11.9 Å². The van der Waals surface area contributed by atoms with Crippen molar-refractivity contribution in [1.29, 1.82) is 0 Å². The van der Waals surface area contributed by atoms with Gasteiger partial charge in [-0.1, -0.05) is 36.4 Å². The van der Waals surface area contributed by atoms with Gasteiger partial charge in [-0.25, -0.2) is 0 Å². The topological polar surface area (TPSA) is 101 Å². The second kappa shape index (κ2) is 11.6. The molecule has 0 amide bonds. The van der Waals surface area contributed by atoms with Crippen molar-refractivity contribution in [3.8, 4) is 0 Å². The van der Waals surface area contributed by atoms with E-state index in [-0.39, 0.29) is 26.1 Å². The lowest BCUT2D eigenvalue weighted by molar-refractivity contribution is -0.148. The Labute approximate surface area is 187 Å². The van der Waals surface area contributed by atoms with Crippen LogP contribution in [0, 0.1) is 11.8 Å². The van der Waals surface area contributed by atoms with Gasteiger partial charge in [0.25, 0.3) is 0 Å². The Bertz CT molecular complexity index is 881. The van der Waals surface area contributed by atoms with Gasteiger partial charge in [-0.05, 0) is 38.1 Å². The minimum atomic E-state index is -0.645. The normalized spacial score (nSPS) is 20.6. The van der Waals surface area contributed by atoms with E-state index in [4.69, 9.17) is 9.47 Å². The number of nitrogens with zero attached hydrogens (tertiary/aromatic N) is 2. The van der Waals surface area contributed by atoms with Crippen LogP contribution in [-0.4, -0.2) is 36.6 Å². The highest BCUT2D eigenvalue weighted by molar-refractivity contribution is 6.16. The minimum absolute atomic E-state index is 0.206. The van der Waals surface area contributed by atoms with E-state index >= 15 is 0 Å². The molecule has 1 aliphatic carbocycles. The fourth-order valence-electron chi connectivity index (χ4n) is 3.41. The number of hydrogen-bond donors (Lipinski definition) is 2. The van der Waals surface area contributed by atoms with E-state index < -0.39 is 23.8 Å². The van der Waals surface area contributed by atoms with Gasteiger partial charge in [0, 0.05) is 12.8 Å². The maximum absolute atomic E-state index is 12.7. The highest BCUT2D eigenvalue weighted by atomic mass is 16.5. The summed E-state index contributed by atoms with van der Waals surface area (Å²) >= 11 is 0. The molecule has 0 saturated heterocycles. The van der Waals surface area contributed by atoms with Crippen molar-refractivity contribution in [3.63, 3.8) is 0 Å². The predicted octanol–water partition coefficient (Wildman–Crippen LogP) is 4.08. The zero-order chi connectivity index (χ0) is 22.8. The van der Waals surface area contributed by atoms with Gasteiger partial charge < -0.3 is 9.47 Å². The number of rotatable bonds is 8. The summed E-state index contributed by atoms with van der Waals surface area (Å²) < 4.78 is 10.6. The van der Waals surface area contributed by atoms with E-state index in [9.17, 15) is 9.59 Å². The maximum atomic E-state index is 12.7. The zero-order valence-electron chi connectivity index (χ0n) is 18.3. The predicted molar refractivity (Wildman–Crippen MR) is 124 cm³/mol. The first kappa shape index (κ1) is 23.0. The van der Waals surface area contributed by atoms with Crippen LogP contribution in [0.2, 0.25) is 0 Å². The molecule has 2 aromatic carbocycles. The Kier molecular flexibility index (Phi) is 8.36. The third kappa shape index (κ3) is 6.16. The molecule has 2 atom stereocenters. The van der Waals surface area contributed by atoms with E-state index in [1.165, 1.54) is 0 Å². The monoisotopic (exact) mass is 436 g/mol. The lowest BCUT2D eigenvalue weighted by atomic mass is 9.78. The lowest BCUT2D eigenvalue weighted by Gasteiger charge is -2.29. The van der Waals surface area contributed by atoms with Crippen molar-refractivity contribution in [2.24, 2.45) is 22.0 Å². The number of nitrogens with one attached hydrogen (secondary N) is 2. The molecule has 8 nitrogen and oxygen atoms in total. The van der Waals surface area contributed by atoms with Crippen LogP contribution in [0.1, 0.15) is 26.7 Å². The van der Waals surface area contributed by atoms with Crippen molar-refractivity contribution in [2.75, 3.05) is 24.1 Å². The molecular formula is C24H28N4O4. The highest BCUT2D eigenvalue weighted by Gasteiger charge is 2.41. The van der Waals surface area contributed by atoms with E-state index in [2.05, 4.69) is 21.1 Å². The van der Waals surface area contributed by atoms with Crippen LogP contribution in [-0.2, 0) is 19.1 Å². The van der Waals surface area contributed by atoms with Crippen LogP contribution in [0.5, 0.6) is 0 Å².